The van der Waals surface area contributed by atoms with Crippen molar-refractivity contribution in [1.29, 1.82) is 0 Å². The molecule has 4 heteroatoms. The van der Waals surface area contributed by atoms with Crippen LogP contribution >= 0.6 is 0 Å². The summed E-state index contributed by atoms with van der Waals surface area (Å²) in [6.45, 7) is 0.694. The maximum absolute atomic E-state index is 13.5. The summed E-state index contributed by atoms with van der Waals surface area (Å²) in [6.07, 6.45) is 0. The Balaban J connectivity index is 2.12. The van der Waals surface area contributed by atoms with E-state index < -0.39 is 11.6 Å². The standard InChI is InChI=1S/C15H15F2NO/c1-19-10-11-4-2-3-5-15(11)18-9-12-8-13(16)6-7-14(12)17/h2-8,18H,9-10H2,1H3. The van der Waals surface area contributed by atoms with Crippen molar-refractivity contribution < 1.29 is 13.5 Å². The van der Waals surface area contributed by atoms with E-state index in [2.05, 4.69) is 5.32 Å². The van der Waals surface area contributed by atoms with Crippen LogP contribution in [0.15, 0.2) is 42.5 Å². The van der Waals surface area contributed by atoms with E-state index in [9.17, 15) is 8.78 Å². The normalized spacial score (nSPS) is 10.5. The van der Waals surface area contributed by atoms with Crippen molar-refractivity contribution in [2.24, 2.45) is 0 Å². The number of benzene rings is 2. The summed E-state index contributed by atoms with van der Waals surface area (Å²) in [5.74, 6) is -0.860. The van der Waals surface area contributed by atoms with Crippen LogP contribution in [0.3, 0.4) is 0 Å². The molecular formula is C15H15F2NO. The van der Waals surface area contributed by atoms with Crippen molar-refractivity contribution in [1.82, 2.24) is 0 Å². The van der Waals surface area contributed by atoms with E-state index in [1.165, 1.54) is 6.07 Å². The van der Waals surface area contributed by atoms with Crippen molar-refractivity contribution in [3.63, 3.8) is 0 Å². The van der Waals surface area contributed by atoms with Gasteiger partial charge in [-0.15, -0.1) is 0 Å². The first-order valence-corrected chi connectivity index (χ1v) is 5.95. The number of nitrogens with one attached hydrogen (secondary N) is 1. The minimum Gasteiger partial charge on any atom is -0.381 e. The zero-order valence-electron chi connectivity index (χ0n) is 10.6. The van der Waals surface area contributed by atoms with Crippen LogP contribution in [0.5, 0.6) is 0 Å². The lowest BCUT2D eigenvalue weighted by Gasteiger charge is -2.12. The molecule has 0 aliphatic carbocycles. The maximum Gasteiger partial charge on any atom is 0.128 e. The predicted octanol–water partition coefficient (Wildman–Crippen LogP) is 3.72. The van der Waals surface area contributed by atoms with Crippen molar-refractivity contribution in [2.45, 2.75) is 13.2 Å². The minimum atomic E-state index is -0.441. The molecule has 0 amide bonds. The first-order chi connectivity index (χ1) is 9.20. The number of hydrogen-bond donors (Lipinski definition) is 1. The Kier molecular flexibility index (Phi) is 4.47. The van der Waals surface area contributed by atoms with Crippen LogP contribution in [0, 0.1) is 11.6 Å². The van der Waals surface area contributed by atoms with Gasteiger partial charge in [0.05, 0.1) is 6.61 Å². The SMILES string of the molecule is COCc1ccccc1NCc1cc(F)ccc1F. The maximum atomic E-state index is 13.5. The van der Waals surface area contributed by atoms with Gasteiger partial charge in [0, 0.05) is 30.5 Å². The second-order valence-electron chi connectivity index (χ2n) is 4.18. The quantitative estimate of drug-likeness (QED) is 0.887. The summed E-state index contributed by atoms with van der Waals surface area (Å²) in [4.78, 5) is 0. The van der Waals surface area contributed by atoms with Gasteiger partial charge >= 0.3 is 0 Å². The first-order valence-electron chi connectivity index (χ1n) is 5.95. The largest absolute Gasteiger partial charge is 0.381 e. The fraction of sp³-hybridized carbons (Fsp3) is 0.200. The van der Waals surface area contributed by atoms with Gasteiger partial charge in [0.15, 0.2) is 0 Å². The molecule has 2 aromatic rings. The lowest BCUT2D eigenvalue weighted by molar-refractivity contribution is 0.185. The van der Waals surface area contributed by atoms with Crippen molar-refractivity contribution in [3.05, 3.63) is 65.2 Å². The van der Waals surface area contributed by atoms with E-state index in [4.69, 9.17) is 4.74 Å². The van der Waals surface area contributed by atoms with Gasteiger partial charge in [-0.25, -0.2) is 8.78 Å². The molecule has 0 aliphatic rings. The summed E-state index contributed by atoms with van der Waals surface area (Å²) in [7, 11) is 1.61. The van der Waals surface area contributed by atoms with Gasteiger partial charge in [-0.1, -0.05) is 18.2 Å². The van der Waals surface area contributed by atoms with Gasteiger partial charge in [0.2, 0.25) is 0 Å². The molecule has 100 valence electrons. The van der Waals surface area contributed by atoms with Gasteiger partial charge in [-0.3, -0.25) is 0 Å². The summed E-state index contributed by atoms with van der Waals surface area (Å²) in [5.41, 5.74) is 2.13. The van der Waals surface area contributed by atoms with E-state index in [0.29, 0.717) is 12.2 Å². The topological polar surface area (TPSA) is 21.3 Å². The molecule has 0 unspecified atom stereocenters. The molecular weight excluding hydrogens is 248 g/mol. The zero-order valence-corrected chi connectivity index (χ0v) is 10.6. The third-order valence-electron chi connectivity index (χ3n) is 2.79. The van der Waals surface area contributed by atoms with Crippen LogP contribution in [0.1, 0.15) is 11.1 Å². The molecule has 1 N–H and O–H groups in total. The van der Waals surface area contributed by atoms with Gasteiger partial charge in [0.25, 0.3) is 0 Å². The summed E-state index contributed by atoms with van der Waals surface area (Å²) in [5, 5.41) is 3.10. The Bertz CT molecular complexity index is 558. The number of anilines is 1. The van der Waals surface area contributed by atoms with Gasteiger partial charge < -0.3 is 10.1 Å². The van der Waals surface area contributed by atoms with E-state index in [1.807, 2.05) is 24.3 Å². The first kappa shape index (κ1) is 13.5. The van der Waals surface area contributed by atoms with E-state index in [1.54, 1.807) is 7.11 Å². The number of hydrogen-bond acceptors (Lipinski definition) is 2. The smallest absolute Gasteiger partial charge is 0.128 e. The van der Waals surface area contributed by atoms with Gasteiger partial charge in [-0.2, -0.15) is 0 Å². The molecule has 0 saturated carbocycles. The molecule has 2 rings (SSSR count). The molecule has 0 radical (unpaired) electrons. The molecule has 0 atom stereocenters. The molecule has 0 fully saturated rings. The van der Waals surface area contributed by atoms with E-state index in [-0.39, 0.29) is 6.54 Å². The average Bonchev–Trinajstić information content (AvgIpc) is 2.42. The van der Waals surface area contributed by atoms with Crippen LogP contribution in [-0.2, 0) is 17.9 Å². The number of rotatable bonds is 5. The summed E-state index contributed by atoms with van der Waals surface area (Å²) in [6, 6.07) is 11.0. The Morgan fingerprint density at radius 2 is 1.84 bits per heavy atom. The zero-order chi connectivity index (χ0) is 13.7. The molecule has 0 aromatic heterocycles. The Morgan fingerprint density at radius 1 is 1.05 bits per heavy atom. The Morgan fingerprint density at radius 3 is 2.63 bits per heavy atom. The third-order valence-corrected chi connectivity index (χ3v) is 2.79. The number of halogens is 2. The van der Waals surface area contributed by atoms with Gasteiger partial charge in [-0.05, 0) is 24.3 Å². The minimum absolute atomic E-state index is 0.227. The number of para-hydroxylation sites is 1. The summed E-state index contributed by atoms with van der Waals surface area (Å²) >= 11 is 0. The van der Waals surface area contributed by atoms with Crippen molar-refractivity contribution in [3.8, 4) is 0 Å². The molecule has 0 aliphatic heterocycles. The Hall–Kier alpha value is -1.94. The van der Waals surface area contributed by atoms with Crippen LogP contribution < -0.4 is 5.32 Å². The molecule has 0 bridgehead atoms. The molecule has 2 nitrogen and oxygen atoms in total. The monoisotopic (exact) mass is 263 g/mol. The highest BCUT2D eigenvalue weighted by molar-refractivity contribution is 5.51. The van der Waals surface area contributed by atoms with E-state index in [0.717, 1.165) is 23.4 Å². The highest BCUT2D eigenvalue weighted by Gasteiger charge is 2.05. The van der Waals surface area contributed by atoms with Crippen LogP contribution in [0.4, 0.5) is 14.5 Å². The Labute approximate surface area is 111 Å². The third kappa shape index (κ3) is 3.51. The summed E-state index contributed by atoms with van der Waals surface area (Å²) < 4.78 is 31.6. The van der Waals surface area contributed by atoms with Crippen molar-refractivity contribution in [2.75, 3.05) is 12.4 Å². The highest BCUT2D eigenvalue weighted by atomic mass is 19.1. The second-order valence-corrected chi connectivity index (χ2v) is 4.18. The molecule has 0 saturated heterocycles. The van der Waals surface area contributed by atoms with E-state index >= 15 is 0 Å². The molecule has 0 spiro atoms. The molecule has 2 aromatic carbocycles. The predicted molar refractivity (Wildman–Crippen MR) is 70.8 cm³/mol. The number of ether oxygens (including phenoxy) is 1. The molecule has 0 heterocycles. The fourth-order valence-electron chi connectivity index (χ4n) is 1.84. The number of methoxy groups -OCH3 is 1. The van der Waals surface area contributed by atoms with Crippen LogP contribution in [0.25, 0.3) is 0 Å². The van der Waals surface area contributed by atoms with Crippen LogP contribution in [-0.4, -0.2) is 7.11 Å². The van der Waals surface area contributed by atoms with Crippen LogP contribution in [0.2, 0.25) is 0 Å². The highest BCUT2D eigenvalue weighted by Crippen LogP contribution is 2.18. The lowest BCUT2D eigenvalue weighted by atomic mass is 10.1. The fourth-order valence-corrected chi connectivity index (χ4v) is 1.84. The second kappa shape index (κ2) is 6.29. The van der Waals surface area contributed by atoms with Gasteiger partial charge in [0.1, 0.15) is 11.6 Å². The molecule has 19 heavy (non-hydrogen) atoms. The average molecular weight is 263 g/mol. The lowest BCUT2D eigenvalue weighted by Crippen LogP contribution is -2.05. The van der Waals surface area contributed by atoms with Crippen molar-refractivity contribution >= 4 is 5.69 Å².